The minimum absolute atomic E-state index is 0.0880. The molecule has 0 amide bonds. The summed E-state index contributed by atoms with van der Waals surface area (Å²) < 4.78 is 18.0. The van der Waals surface area contributed by atoms with Crippen LogP contribution in [-0.2, 0) is 6.42 Å². The van der Waals surface area contributed by atoms with Gasteiger partial charge in [0, 0.05) is 12.1 Å². The monoisotopic (exact) mass is 251 g/mol. The van der Waals surface area contributed by atoms with Gasteiger partial charge in [0.25, 0.3) is 0 Å². The predicted octanol–water partition coefficient (Wildman–Crippen LogP) is 1.13. The molecule has 0 saturated carbocycles. The van der Waals surface area contributed by atoms with Crippen LogP contribution in [0.2, 0.25) is 0 Å². The first kappa shape index (κ1) is 12.7. The minimum atomic E-state index is -1.09. The molecule has 1 aromatic carbocycles. The Labute approximate surface area is 103 Å². The van der Waals surface area contributed by atoms with Gasteiger partial charge in [-0.05, 0) is 19.1 Å². The molecule has 1 atom stereocenters. The second-order valence-corrected chi connectivity index (χ2v) is 4.40. The number of hydrogen-bond donors (Lipinski definition) is 2. The van der Waals surface area contributed by atoms with E-state index in [-0.39, 0.29) is 30.5 Å². The molecule has 0 saturated heterocycles. The summed E-state index contributed by atoms with van der Waals surface area (Å²) in [7, 11) is 0. The summed E-state index contributed by atoms with van der Waals surface area (Å²) in [6.07, 6.45) is 0.159. The van der Waals surface area contributed by atoms with Crippen LogP contribution in [0.5, 0.6) is 0 Å². The normalized spacial score (nSPS) is 14.4. The molecule has 3 N–H and O–H groups in total. The van der Waals surface area contributed by atoms with Crippen LogP contribution < -0.4 is 5.73 Å². The van der Waals surface area contributed by atoms with Crippen molar-refractivity contribution >= 4 is 0 Å². The van der Waals surface area contributed by atoms with Gasteiger partial charge in [-0.3, -0.25) is 0 Å². The van der Waals surface area contributed by atoms with Crippen LogP contribution in [0.3, 0.4) is 0 Å². The van der Waals surface area contributed by atoms with Gasteiger partial charge in [-0.2, -0.15) is 4.98 Å². The molecule has 0 spiro atoms. The highest BCUT2D eigenvalue weighted by Gasteiger charge is 2.22. The molecule has 0 fully saturated rings. The lowest BCUT2D eigenvalue weighted by atomic mass is 10.0. The molecule has 0 aliphatic carbocycles. The Bertz CT molecular complexity index is 540. The van der Waals surface area contributed by atoms with Crippen molar-refractivity contribution in [2.45, 2.75) is 18.9 Å². The topological polar surface area (TPSA) is 85.2 Å². The Kier molecular flexibility index (Phi) is 3.40. The predicted molar refractivity (Wildman–Crippen MR) is 63.1 cm³/mol. The molecular weight excluding hydrogens is 237 g/mol. The zero-order chi connectivity index (χ0) is 13.2. The Morgan fingerprint density at radius 2 is 2.28 bits per heavy atom. The van der Waals surface area contributed by atoms with Gasteiger partial charge in [0.1, 0.15) is 5.82 Å². The van der Waals surface area contributed by atoms with Crippen molar-refractivity contribution in [1.82, 2.24) is 10.1 Å². The van der Waals surface area contributed by atoms with E-state index in [1.807, 2.05) is 0 Å². The molecule has 18 heavy (non-hydrogen) atoms. The maximum absolute atomic E-state index is 13.0. The maximum Gasteiger partial charge on any atom is 0.229 e. The molecule has 1 unspecified atom stereocenters. The first-order chi connectivity index (χ1) is 8.50. The number of rotatable bonds is 4. The third-order valence-electron chi connectivity index (χ3n) is 2.52. The lowest BCUT2D eigenvalue weighted by Crippen LogP contribution is -2.36. The highest BCUT2D eigenvalue weighted by atomic mass is 19.1. The molecule has 1 aromatic heterocycles. The van der Waals surface area contributed by atoms with E-state index in [4.69, 9.17) is 10.3 Å². The van der Waals surface area contributed by atoms with Crippen LogP contribution >= 0.6 is 0 Å². The second-order valence-electron chi connectivity index (χ2n) is 4.40. The Morgan fingerprint density at radius 1 is 1.50 bits per heavy atom. The molecule has 2 rings (SSSR count). The van der Waals surface area contributed by atoms with E-state index < -0.39 is 5.60 Å². The zero-order valence-corrected chi connectivity index (χ0v) is 9.93. The number of nitrogens with two attached hydrogens (primary N) is 1. The van der Waals surface area contributed by atoms with Gasteiger partial charge in [0.15, 0.2) is 0 Å². The highest BCUT2D eigenvalue weighted by Crippen LogP contribution is 2.18. The summed E-state index contributed by atoms with van der Waals surface area (Å²) in [5.74, 6) is 0.190. The lowest BCUT2D eigenvalue weighted by Gasteiger charge is -2.17. The Hall–Kier alpha value is -1.79. The van der Waals surface area contributed by atoms with Gasteiger partial charge in [0.05, 0.1) is 12.0 Å². The summed E-state index contributed by atoms with van der Waals surface area (Å²) in [6.45, 7) is 1.67. The molecule has 6 heteroatoms. The van der Waals surface area contributed by atoms with Crippen LogP contribution in [0, 0.1) is 5.82 Å². The molecule has 2 aromatic rings. The standard InChI is InChI=1S/C12H14FN3O2/c1-12(17,7-14)6-10-15-11(16-18-10)8-3-2-4-9(13)5-8/h2-5,17H,6-7,14H2,1H3. The summed E-state index contributed by atoms with van der Waals surface area (Å²) in [5, 5.41) is 13.5. The number of benzene rings is 1. The largest absolute Gasteiger partial charge is 0.388 e. The van der Waals surface area contributed by atoms with Crippen LogP contribution in [-0.4, -0.2) is 27.4 Å². The van der Waals surface area contributed by atoms with Crippen molar-refractivity contribution in [3.05, 3.63) is 36.0 Å². The fraction of sp³-hybridized carbons (Fsp3) is 0.333. The molecule has 0 bridgehead atoms. The van der Waals surface area contributed by atoms with Crippen molar-refractivity contribution in [2.24, 2.45) is 5.73 Å². The van der Waals surface area contributed by atoms with Crippen molar-refractivity contribution in [1.29, 1.82) is 0 Å². The van der Waals surface area contributed by atoms with Crippen LogP contribution in [0.25, 0.3) is 11.4 Å². The molecular formula is C12H14FN3O2. The van der Waals surface area contributed by atoms with Crippen molar-refractivity contribution in [2.75, 3.05) is 6.54 Å². The molecule has 5 nitrogen and oxygen atoms in total. The first-order valence-electron chi connectivity index (χ1n) is 5.51. The average Bonchev–Trinajstić information content (AvgIpc) is 2.77. The SMILES string of the molecule is CC(O)(CN)Cc1nc(-c2cccc(F)c2)no1. The number of nitrogens with zero attached hydrogens (tertiary/aromatic N) is 2. The van der Waals surface area contributed by atoms with Gasteiger partial charge in [-0.1, -0.05) is 17.3 Å². The Morgan fingerprint density at radius 3 is 2.94 bits per heavy atom. The van der Waals surface area contributed by atoms with Crippen LogP contribution in [0.1, 0.15) is 12.8 Å². The quantitative estimate of drug-likeness (QED) is 0.850. The van der Waals surface area contributed by atoms with Gasteiger partial charge in [-0.15, -0.1) is 0 Å². The van der Waals surface area contributed by atoms with E-state index in [1.165, 1.54) is 12.1 Å². The molecule has 0 aliphatic rings. The van der Waals surface area contributed by atoms with Crippen molar-refractivity contribution in [3.8, 4) is 11.4 Å². The maximum atomic E-state index is 13.0. The number of hydrogen-bond acceptors (Lipinski definition) is 5. The molecule has 0 aliphatic heterocycles. The average molecular weight is 251 g/mol. The first-order valence-corrected chi connectivity index (χ1v) is 5.51. The summed E-state index contributed by atoms with van der Waals surface area (Å²) in [5.41, 5.74) is 4.84. The van der Waals surface area contributed by atoms with E-state index in [2.05, 4.69) is 10.1 Å². The zero-order valence-electron chi connectivity index (χ0n) is 9.93. The smallest absolute Gasteiger partial charge is 0.229 e. The highest BCUT2D eigenvalue weighted by molar-refractivity contribution is 5.53. The summed E-state index contributed by atoms with van der Waals surface area (Å²) in [6, 6.07) is 5.90. The van der Waals surface area contributed by atoms with E-state index in [9.17, 15) is 9.50 Å². The van der Waals surface area contributed by atoms with Crippen molar-refractivity contribution < 1.29 is 14.0 Å². The Balaban J connectivity index is 2.21. The summed E-state index contributed by atoms with van der Waals surface area (Å²) in [4.78, 5) is 4.09. The van der Waals surface area contributed by atoms with Crippen LogP contribution in [0.4, 0.5) is 4.39 Å². The van der Waals surface area contributed by atoms with Gasteiger partial charge >= 0.3 is 0 Å². The fourth-order valence-electron chi connectivity index (χ4n) is 1.47. The second kappa shape index (κ2) is 4.83. The lowest BCUT2D eigenvalue weighted by molar-refractivity contribution is 0.0610. The molecule has 1 heterocycles. The van der Waals surface area contributed by atoms with Gasteiger partial charge in [0.2, 0.25) is 11.7 Å². The minimum Gasteiger partial charge on any atom is -0.388 e. The van der Waals surface area contributed by atoms with E-state index in [1.54, 1.807) is 19.1 Å². The third kappa shape index (κ3) is 2.91. The van der Waals surface area contributed by atoms with E-state index in [0.717, 1.165) is 0 Å². The van der Waals surface area contributed by atoms with Crippen molar-refractivity contribution in [3.63, 3.8) is 0 Å². The number of aliphatic hydroxyl groups is 1. The molecule has 96 valence electrons. The van der Waals surface area contributed by atoms with Gasteiger partial charge in [-0.25, -0.2) is 4.39 Å². The summed E-state index contributed by atoms with van der Waals surface area (Å²) >= 11 is 0. The number of halogens is 1. The van der Waals surface area contributed by atoms with Gasteiger partial charge < -0.3 is 15.4 Å². The van der Waals surface area contributed by atoms with Crippen LogP contribution in [0.15, 0.2) is 28.8 Å². The van der Waals surface area contributed by atoms with E-state index in [0.29, 0.717) is 5.56 Å². The van der Waals surface area contributed by atoms with E-state index >= 15 is 0 Å². The molecule has 0 radical (unpaired) electrons. The number of aromatic nitrogens is 2. The third-order valence-corrected chi connectivity index (χ3v) is 2.52. The fourth-order valence-corrected chi connectivity index (χ4v) is 1.47.